The second-order valence-corrected chi connectivity index (χ2v) is 12.7. The molecule has 0 amide bonds. The number of hydrogen-bond acceptors (Lipinski definition) is 5. The molecule has 6 heteroatoms. The molecule has 4 nitrogen and oxygen atoms in total. The third-order valence-corrected chi connectivity index (χ3v) is 8.00. The summed E-state index contributed by atoms with van der Waals surface area (Å²) in [7, 11) is 3.63. The lowest BCUT2D eigenvalue weighted by atomic mass is 10.2. The van der Waals surface area contributed by atoms with Crippen LogP contribution >= 0.6 is 22.7 Å². The lowest BCUT2D eigenvalue weighted by Gasteiger charge is -1.95. The number of methoxy groups -OCH3 is 1. The number of thiophene rings is 2. The van der Waals surface area contributed by atoms with E-state index in [0.29, 0.717) is 6.61 Å². The van der Waals surface area contributed by atoms with Crippen molar-refractivity contribution in [2.75, 3.05) is 7.11 Å². The first-order valence-corrected chi connectivity index (χ1v) is 21.1. The van der Waals surface area contributed by atoms with E-state index in [1.165, 1.54) is 32.8 Å². The van der Waals surface area contributed by atoms with Gasteiger partial charge in [0.2, 0.25) is 0 Å². The van der Waals surface area contributed by atoms with Gasteiger partial charge in [-0.3, -0.25) is 4.68 Å². The van der Waals surface area contributed by atoms with Gasteiger partial charge in [-0.15, -0.1) is 11.3 Å². The number of aryl methyl sites for hydroxylation is 7. The highest BCUT2D eigenvalue weighted by atomic mass is 32.1. The molecule has 0 N–H and O–H groups in total. The van der Waals surface area contributed by atoms with Crippen LogP contribution in [0.15, 0.2) is 160 Å². The van der Waals surface area contributed by atoms with Crippen LogP contribution < -0.4 is 0 Å². The third-order valence-electron chi connectivity index (χ3n) is 6.40. The van der Waals surface area contributed by atoms with Crippen LogP contribution in [0.1, 0.15) is 87.1 Å². The molecular formula is C49H72N2O2S2. The Morgan fingerprint density at radius 3 is 1.35 bits per heavy atom. The number of aromatic nitrogens is 2. The molecule has 0 aliphatic heterocycles. The van der Waals surface area contributed by atoms with Gasteiger partial charge in [0.25, 0.3) is 0 Å². The molecule has 7 rings (SSSR count). The summed E-state index contributed by atoms with van der Waals surface area (Å²) in [6, 6.07) is 42.8. The Labute approximate surface area is 344 Å². The molecule has 0 aliphatic carbocycles. The highest BCUT2D eigenvalue weighted by Gasteiger charge is 1.85. The number of furan rings is 1. The molecule has 0 atom stereocenters. The Kier molecular flexibility index (Phi) is 42.1. The first-order valence-electron chi connectivity index (χ1n) is 19.3. The highest BCUT2D eigenvalue weighted by molar-refractivity contribution is 7.09. The summed E-state index contributed by atoms with van der Waals surface area (Å²) in [6.07, 6.45) is 4.59. The zero-order valence-corrected chi connectivity index (χ0v) is 38.1. The van der Waals surface area contributed by atoms with Crippen molar-refractivity contribution < 1.29 is 9.15 Å². The number of rotatable bonds is 3. The first kappa shape index (κ1) is 54.9. The SMILES string of the molecule is CC.CC.CC.CCc1ccccc1.COCc1ccccc1.Cc1ccccc1.Cc1ccco1.Cc1cccs1.Cc1ccnn1C.Cc1ccsc1. The topological polar surface area (TPSA) is 40.2 Å². The Balaban J connectivity index is -0.000000562. The average molecular weight is 785 g/mol. The maximum atomic E-state index is 4.93. The van der Waals surface area contributed by atoms with Crippen molar-refractivity contribution in [3.8, 4) is 0 Å². The molecule has 7 aromatic rings. The maximum Gasteiger partial charge on any atom is 0.100 e. The van der Waals surface area contributed by atoms with E-state index < -0.39 is 0 Å². The molecule has 0 bridgehead atoms. The van der Waals surface area contributed by atoms with E-state index in [1.807, 2.05) is 140 Å². The molecule has 302 valence electrons. The minimum Gasteiger partial charge on any atom is -0.470 e. The average Bonchev–Trinajstić information content (AvgIpc) is 4.10. The number of ether oxygens (including phenoxy) is 1. The van der Waals surface area contributed by atoms with Crippen LogP contribution in [0.2, 0.25) is 0 Å². The van der Waals surface area contributed by atoms with Crippen LogP contribution in [0, 0.1) is 34.6 Å². The minimum atomic E-state index is 0.709. The van der Waals surface area contributed by atoms with E-state index in [9.17, 15) is 0 Å². The van der Waals surface area contributed by atoms with Crippen LogP contribution in [0.4, 0.5) is 0 Å². The number of benzene rings is 3. The summed E-state index contributed by atoms with van der Waals surface area (Å²) in [5, 5.41) is 10.2. The van der Waals surface area contributed by atoms with E-state index in [4.69, 9.17) is 9.15 Å². The second kappa shape index (κ2) is 42.3. The Morgan fingerprint density at radius 1 is 0.600 bits per heavy atom. The van der Waals surface area contributed by atoms with Crippen molar-refractivity contribution in [3.05, 3.63) is 195 Å². The molecule has 0 fully saturated rings. The molecule has 4 aromatic heterocycles. The molecule has 0 radical (unpaired) electrons. The van der Waals surface area contributed by atoms with Crippen molar-refractivity contribution in [2.24, 2.45) is 7.05 Å². The lowest BCUT2D eigenvalue weighted by Crippen LogP contribution is -1.90. The van der Waals surface area contributed by atoms with Crippen molar-refractivity contribution in [1.82, 2.24) is 9.78 Å². The monoisotopic (exact) mass is 785 g/mol. The van der Waals surface area contributed by atoms with E-state index in [0.717, 1.165) is 12.2 Å². The molecule has 0 saturated heterocycles. The van der Waals surface area contributed by atoms with Crippen molar-refractivity contribution >= 4 is 22.7 Å². The summed E-state index contributed by atoms with van der Waals surface area (Å²) in [6.45, 7) is 25.1. The number of hydrogen-bond donors (Lipinski definition) is 0. The second-order valence-electron chi connectivity index (χ2n) is 10.8. The molecule has 0 aliphatic rings. The van der Waals surface area contributed by atoms with Crippen LogP contribution in [0.3, 0.4) is 0 Å². The van der Waals surface area contributed by atoms with Crippen LogP contribution in [-0.4, -0.2) is 16.9 Å². The summed E-state index contributed by atoms with van der Waals surface area (Å²) in [5.74, 6) is 0.968. The summed E-state index contributed by atoms with van der Waals surface area (Å²) < 4.78 is 11.6. The zero-order chi connectivity index (χ0) is 42.0. The van der Waals surface area contributed by atoms with Crippen LogP contribution in [-0.2, 0) is 24.8 Å². The van der Waals surface area contributed by atoms with Gasteiger partial charge in [0.05, 0.1) is 12.9 Å². The molecule has 0 unspecified atom stereocenters. The van der Waals surface area contributed by atoms with Gasteiger partial charge < -0.3 is 9.15 Å². The van der Waals surface area contributed by atoms with Gasteiger partial charge in [-0.05, 0) is 104 Å². The normalized spacial score (nSPS) is 8.40. The summed E-state index contributed by atoms with van der Waals surface area (Å²) in [5.41, 5.74) is 6.51. The number of nitrogens with zero attached hydrogens (tertiary/aromatic N) is 2. The Bertz CT molecular complexity index is 1540. The van der Waals surface area contributed by atoms with Crippen molar-refractivity contribution in [3.63, 3.8) is 0 Å². The Morgan fingerprint density at radius 2 is 1.15 bits per heavy atom. The van der Waals surface area contributed by atoms with Gasteiger partial charge >= 0.3 is 0 Å². The predicted molar refractivity (Wildman–Crippen MR) is 248 cm³/mol. The smallest absolute Gasteiger partial charge is 0.100 e. The predicted octanol–water partition coefficient (Wildman–Crippen LogP) is 15.6. The quantitative estimate of drug-likeness (QED) is 0.179. The van der Waals surface area contributed by atoms with Gasteiger partial charge in [0, 0.05) is 30.9 Å². The molecule has 0 spiro atoms. The summed E-state index contributed by atoms with van der Waals surface area (Å²) >= 11 is 3.52. The largest absolute Gasteiger partial charge is 0.470 e. The van der Waals surface area contributed by atoms with E-state index >= 15 is 0 Å². The third kappa shape index (κ3) is 36.3. The van der Waals surface area contributed by atoms with Crippen LogP contribution in [0.5, 0.6) is 0 Å². The van der Waals surface area contributed by atoms with Gasteiger partial charge in [-0.1, -0.05) is 151 Å². The van der Waals surface area contributed by atoms with Gasteiger partial charge in [-0.2, -0.15) is 16.4 Å². The molecule has 4 heterocycles. The van der Waals surface area contributed by atoms with Crippen molar-refractivity contribution in [1.29, 1.82) is 0 Å². The van der Waals surface area contributed by atoms with Gasteiger partial charge in [-0.25, -0.2) is 0 Å². The van der Waals surface area contributed by atoms with E-state index in [-0.39, 0.29) is 0 Å². The molecule has 0 saturated carbocycles. The fourth-order valence-corrected chi connectivity index (χ4v) is 4.68. The highest BCUT2D eigenvalue weighted by Crippen LogP contribution is 2.04. The standard InChI is InChI=1S/C8H10O.C8H10.C7H8.C5H8N2.C5H6O.2C5H6S.3C2H6/c1-9-7-8-5-3-2-4-6-8;1-2-8-6-4-3-5-7-8;1-7-5-3-2-4-6-7;1-5-3-4-6-7(5)2;1-5-3-2-4-6-5;1-5-2-3-6-4-5;1-5-3-2-4-6-5;3*1-2/h2-6H,7H2,1H3;3-7H,2H2,1H3;2-6H,1H3;3-4H,1-2H3;3*2-4H,1H3;3*1-2H3. The molecule has 3 aromatic carbocycles. The van der Waals surface area contributed by atoms with E-state index in [2.05, 4.69) is 104 Å². The first-order chi connectivity index (χ1) is 26.7. The minimum absolute atomic E-state index is 0.709. The van der Waals surface area contributed by atoms with Crippen molar-refractivity contribution in [2.45, 2.75) is 96.1 Å². The lowest BCUT2D eigenvalue weighted by molar-refractivity contribution is 0.185. The molecule has 55 heavy (non-hydrogen) atoms. The summed E-state index contributed by atoms with van der Waals surface area (Å²) in [4.78, 5) is 1.38. The van der Waals surface area contributed by atoms with Crippen LogP contribution in [0.25, 0.3) is 0 Å². The fourth-order valence-electron chi connectivity index (χ4n) is 3.48. The maximum absolute atomic E-state index is 4.93. The zero-order valence-electron chi connectivity index (χ0n) is 36.5. The molecular weight excluding hydrogens is 713 g/mol. The Hall–Kier alpha value is -4.49. The van der Waals surface area contributed by atoms with E-state index in [1.54, 1.807) is 42.2 Å². The van der Waals surface area contributed by atoms with Gasteiger partial charge in [0.1, 0.15) is 5.76 Å². The van der Waals surface area contributed by atoms with Gasteiger partial charge in [0.15, 0.2) is 0 Å². The fraction of sp³-hybridized carbons (Fsp3) is 0.327.